The summed E-state index contributed by atoms with van der Waals surface area (Å²) in [5.74, 6) is 0. The van der Waals surface area contributed by atoms with E-state index < -0.39 is 0 Å². The van der Waals surface area contributed by atoms with E-state index in [4.69, 9.17) is 5.73 Å². The van der Waals surface area contributed by atoms with Gasteiger partial charge in [-0.05, 0) is 0 Å². The standard InChI is InChI=1S/C5H12N2OSe2/c1-3-9-7(5(6)8)10-4-2/h3-4H2,1-2H3,(H2,6,8). The van der Waals surface area contributed by atoms with Crippen molar-refractivity contribution in [1.29, 1.82) is 0 Å². The zero-order valence-corrected chi connectivity index (χ0v) is 9.59. The van der Waals surface area contributed by atoms with Crippen molar-refractivity contribution in [3.8, 4) is 0 Å². The molecule has 2 N–H and O–H groups in total. The molecule has 2 amide bonds. The Labute approximate surface area is 74.4 Å². The van der Waals surface area contributed by atoms with Crippen molar-refractivity contribution in [2.45, 2.75) is 24.5 Å². The molecule has 0 atom stereocenters. The van der Waals surface area contributed by atoms with Crippen molar-refractivity contribution in [3.63, 3.8) is 0 Å². The Morgan fingerprint density at radius 2 is 1.80 bits per heavy atom. The van der Waals surface area contributed by atoms with Crippen LogP contribution < -0.4 is 5.73 Å². The van der Waals surface area contributed by atoms with Gasteiger partial charge in [0.25, 0.3) is 0 Å². The molecule has 0 aliphatic heterocycles. The van der Waals surface area contributed by atoms with Crippen LogP contribution in [0, 0.1) is 0 Å². The molecule has 0 heterocycles. The third kappa shape index (κ3) is 4.18. The number of urea groups is 1. The Kier molecular flexibility index (Phi) is 6.23. The van der Waals surface area contributed by atoms with Gasteiger partial charge in [-0.15, -0.1) is 0 Å². The first-order chi connectivity index (χ1) is 4.72. The van der Waals surface area contributed by atoms with E-state index in [0.29, 0.717) is 30.3 Å². The van der Waals surface area contributed by atoms with Crippen LogP contribution in [-0.2, 0) is 0 Å². The van der Waals surface area contributed by atoms with Crippen LogP contribution in [0.15, 0.2) is 0 Å². The summed E-state index contributed by atoms with van der Waals surface area (Å²) in [7, 11) is 0. The van der Waals surface area contributed by atoms with Gasteiger partial charge < -0.3 is 0 Å². The molecule has 10 heavy (non-hydrogen) atoms. The molecule has 0 saturated carbocycles. The third-order valence-electron chi connectivity index (χ3n) is 0.673. The number of rotatable bonds is 4. The predicted molar refractivity (Wildman–Crippen MR) is 43.9 cm³/mol. The molecule has 5 heteroatoms. The fourth-order valence-corrected chi connectivity index (χ4v) is 5.18. The van der Waals surface area contributed by atoms with Gasteiger partial charge >= 0.3 is 74.3 Å². The summed E-state index contributed by atoms with van der Waals surface area (Å²) in [4.78, 5) is 10.7. The van der Waals surface area contributed by atoms with Gasteiger partial charge in [0.15, 0.2) is 0 Å². The average molecular weight is 274 g/mol. The first-order valence-electron chi connectivity index (χ1n) is 3.07. The van der Waals surface area contributed by atoms with Gasteiger partial charge in [0, 0.05) is 0 Å². The first kappa shape index (κ1) is 10.3. The summed E-state index contributed by atoms with van der Waals surface area (Å²) in [5.41, 5.74) is 5.13. The number of carbonyl (C=O) groups is 1. The number of nitrogens with zero attached hydrogens (tertiary/aromatic N) is 1. The Hall–Kier alpha value is 0.309. The zero-order valence-electron chi connectivity index (χ0n) is 6.16. The van der Waals surface area contributed by atoms with Crippen molar-refractivity contribution in [3.05, 3.63) is 0 Å². The number of nitrogens with two attached hydrogens (primary N) is 1. The molecule has 0 fully saturated rings. The molecule has 0 saturated heterocycles. The van der Waals surface area contributed by atoms with Crippen LogP contribution in [0.1, 0.15) is 13.8 Å². The van der Waals surface area contributed by atoms with Crippen molar-refractivity contribution in [2.24, 2.45) is 5.73 Å². The van der Waals surface area contributed by atoms with Gasteiger partial charge in [-0.2, -0.15) is 0 Å². The van der Waals surface area contributed by atoms with E-state index in [1.807, 2.05) is 0 Å². The molecular formula is C5H12N2OSe2. The maximum absolute atomic E-state index is 10.7. The Morgan fingerprint density at radius 3 is 2.00 bits per heavy atom. The second kappa shape index (κ2) is 6.05. The second-order valence-corrected chi connectivity index (χ2v) is 7.64. The molecule has 0 bridgehead atoms. The third-order valence-corrected chi connectivity index (χ3v) is 5.79. The fraction of sp³-hybridized carbons (Fsp3) is 0.800. The van der Waals surface area contributed by atoms with Gasteiger partial charge in [-0.1, -0.05) is 0 Å². The minimum atomic E-state index is -0.247. The van der Waals surface area contributed by atoms with Crippen LogP contribution in [0.5, 0.6) is 0 Å². The van der Waals surface area contributed by atoms with E-state index in [2.05, 4.69) is 13.8 Å². The van der Waals surface area contributed by atoms with E-state index in [-0.39, 0.29) is 6.03 Å². The summed E-state index contributed by atoms with van der Waals surface area (Å²) in [6, 6.07) is -0.247. The summed E-state index contributed by atoms with van der Waals surface area (Å²) >= 11 is 0.587. The van der Waals surface area contributed by atoms with Crippen LogP contribution in [0.3, 0.4) is 0 Å². The summed E-state index contributed by atoms with van der Waals surface area (Å²) in [5, 5.41) is 2.11. The van der Waals surface area contributed by atoms with Crippen LogP contribution in [0.25, 0.3) is 0 Å². The Bertz CT molecular complexity index is 104. The van der Waals surface area contributed by atoms with Crippen LogP contribution in [0.4, 0.5) is 4.79 Å². The van der Waals surface area contributed by atoms with Crippen LogP contribution in [0.2, 0.25) is 10.6 Å². The van der Waals surface area contributed by atoms with Crippen LogP contribution >= 0.6 is 0 Å². The van der Waals surface area contributed by atoms with Gasteiger partial charge in [0.05, 0.1) is 0 Å². The fourth-order valence-electron chi connectivity index (χ4n) is 0.399. The van der Waals surface area contributed by atoms with E-state index in [1.165, 1.54) is 0 Å². The topological polar surface area (TPSA) is 46.3 Å². The van der Waals surface area contributed by atoms with Crippen LogP contribution in [-0.4, -0.2) is 39.3 Å². The molecule has 0 spiro atoms. The molecule has 0 radical (unpaired) electrons. The average Bonchev–Trinajstić information content (AvgIpc) is 1.87. The second-order valence-electron chi connectivity index (χ2n) is 1.43. The van der Waals surface area contributed by atoms with E-state index in [1.54, 1.807) is 2.93 Å². The molecule has 0 rings (SSSR count). The number of amides is 2. The maximum atomic E-state index is 10.7. The first-order valence-corrected chi connectivity index (χ1v) is 7.03. The summed E-state index contributed by atoms with van der Waals surface area (Å²) in [6.45, 7) is 4.14. The molecule has 60 valence electrons. The summed E-state index contributed by atoms with van der Waals surface area (Å²) < 4.78 is 1.79. The Morgan fingerprint density at radius 1 is 1.40 bits per heavy atom. The monoisotopic (exact) mass is 276 g/mol. The molecule has 0 aromatic rings. The number of carbonyl (C=O) groups excluding carboxylic acids is 1. The number of hydrogen-bond donors (Lipinski definition) is 1. The quantitative estimate of drug-likeness (QED) is 0.745. The SMILES string of the molecule is CC[Se]N([Se]CC)C(N)=O. The zero-order chi connectivity index (χ0) is 7.98. The van der Waals surface area contributed by atoms with Gasteiger partial charge in [-0.25, -0.2) is 0 Å². The molecule has 0 aromatic heterocycles. The van der Waals surface area contributed by atoms with E-state index in [9.17, 15) is 4.79 Å². The van der Waals surface area contributed by atoms with Crippen molar-refractivity contribution < 1.29 is 4.79 Å². The van der Waals surface area contributed by atoms with Gasteiger partial charge in [-0.3, -0.25) is 0 Å². The normalized spacial score (nSPS) is 9.40. The Balaban J connectivity index is 3.61. The number of hydrogen-bond acceptors (Lipinski definition) is 1. The van der Waals surface area contributed by atoms with Crippen molar-refractivity contribution in [2.75, 3.05) is 0 Å². The molecule has 0 aliphatic rings. The van der Waals surface area contributed by atoms with Crippen molar-refractivity contribution in [1.82, 2.24) is 2.93 Å². The molecule has 0 aromatic carbocycles. The summed E-state index contributed by atoms with van der Waals surface area (Å²) in [6.07, 6.45) is 0. The van der Waals surface area contributed by atoms with E-state index in [0.717, 1.165) is 10.6 Å². The molecular weight excluding hydrogens is 262 g/mol. The van der Waals surface area contributed by atoms with Gasteiger partial charge in [0.2, 0.25) is 0 Å². The number of primary amides is 1. The molecule has 3 nitrogen and oxygen atoms in total. The minimum absolute atomic E-state index is 0.247. The predicted octanol–water partition coefficient (Wildman–Crippen LogP) is 0.482. The molecule has 0 unspecified atom stereocenters. The van der Waals surface area contributed by atoms with Crippen molar-refractivity contribution >= 4 is 36.4 Å². The van der Waals surface area contributed by atoms with Gasteiger partial charge in [0.1, 0.15) is 0 Å². The van der Waals surface area contributed by atoms with E-state index >= 15 is 0 Å². The molecule has 0 aliphatic carbocycles.